The number of benzene rings is 1. The highest BCUT2D eigenvalue weighted by Gasteiger charge is 2.10. The third-order valence-electron chi connectivity index (χ3n) is 2.32. The number of amides is 1. The number of primary amides is 1. The second-order valence-electron chi connectivity index (χ2n) is 3.58. The summed E-state index contributed by atoms with van der Waals surface area (Å²) in [7, 11) is 0. The van der Waals surface area contributed by atoms with Gasteiger partial charge in [-0.1, -0.05) is 13.0 Å². The van der Waals surface area contributed by atoms with E-state index in [4.69, 9.17) is 5.73 Å². The van der Waals surface area contributed by atoms with Crippen molar-refractivity contribution < 1.29 is 4.79 Å². The molecule has 2 rings (SSSR count). The van der Waals surface area contributed by atoms with Gasteiger partial charge in [0.2, 0.25) is 5.95 Å². The highest BCUT2D eigenvalue weighted by Crippen LogP contribution is 2.18. The first-order chi connectivity index (χ1) is 7.72. The SMILES string of the molecule is CCCNc1nc2c(C(N)=O)cccc2[nH]1. The van der Waals surface area contributed by atoms with Gasteiger partial charge in [0.15, 0.2) is 0 Å². The van der Waals surface area contributed by atoms with E-state index in [1.807, 2.05) is 6.07 Å². The highest BCUT2D eigenvalue weighted by molar-refractivity contribution is 6.04. The first kappa shape index (κ1) is 10.5. The lowest BCUT2D eigenvalue weighted by atomic mass is 10.2. The third kappa shape index (κ3) is 1.84. The molecule has 0 aliphatic heterocycles. The Morgan fingerprint density at radius 3 is 3.06 bits per heavy atom. The molecule has 84 valence electrons. The maximum Gasteiger partial charge on any atom is 0.250 e. The average Bonchev–Trinajstić information content (AvgIpc) is 2.68. The van der Waals surface area contributed by atoms with E-state index in [1.54, 1.807) is 12.1 Å². The first-order valence-corrected chi connectivity index (χ1v) is 5.24. The second kappa shape index (κ2) is 4.22. The summed E-state index contributed by atoms with van der Waals surface area (Å²) in [5.41, 5.74) is 7.15. The number of nitrogens with two attached hydrogens (primary N) is 1. The van der Waals surface area contributed by atoms with E-state index in [0.717, 1.165) is 18.5 Å². The summed E-state index contributed by atoms with van der Waals surface area (Å²) in [4.78, 5) is 18.6. The Hall–Kier alpha value is -2.04. The number of rotatable bonds is 4. The summed E-state index contributed by atoms with van der Waals surface area (Å²) in [5.74, 6) is 0.213. The number of carbonyl (C=O) groups excluding carboxylic acids is 1. The highest BCUT2D eigenvalue weighted by atomic mass is 16.1. The van der Waals surface area contributed by atoms with Crippen molar-refractivity contribution in [3.63, 3.8) is 0 Å². The van der Waals surface area contributed by atoms with Crippen LogP contribution in [0.4, 0.5) is 5.95 Å². The maximum atomic E-state index is 11.2. The van der Waals surface area contributed by atoms with Gasteiger partial charge < -0.3 is 16.0 Å². The van der Waals surface area contributed by atoms with Gasteiger partial charge in [-0.15, -0.1) is 0 Å². The van der Waals surface area contributed by atoms with Crippen LogP contribution in [0.5, 0.6) is 0 Å². The van der Waals surface area contributed by atoms with Crippen molar-refractivity contribution in [1.29, 1.82) is 0 Å². The lowest BCUT2D eigenvalue weighted by Gasteiger charge is -1.97. The standard InChI is InChI=1S/C11H14N4O/c1-2-6-13-11-14-8-5-3-4-7(10(12)16)9(8)15-11/h3-5H,2,6H2,1H3,(H2,12,16)(H2,13,14,15). The smallest absolute Gasteiger partial charge is 0.250 e. The molecule has 0 aliphatic rings. The number of imidazole rings is 1. The zero-order valence-corrected chi connectivity index (χ0v) is 9.08. The summed E-state index contributed by atoms with van der Waals surface area (Å²) in [6.45, 7) is 2.91. The molecule has 1 aromatic carbocycles. The summed E-state index contributed by atoms with van der Waals surface area (Å²) < 4.78 is 0. The van der Waals surface area contributed by atoms with Crippen LogP contribution < -0.4 is 11.1 Å². The molecule has 0 fully saturated rings. The molecule has 0 saturated carbocycles. The minimum Gasteiger partial charge on any atom is -0.366 e. The van der Waals surface area contributed by atoms with Crippen LogP contribution in [0.1, 0.15) is 23.7 Å². The molecular formula is C11H14N4O. The van der Waals surface area contributed by atoms with E-state index in [-0.39, 0.29) is 0 Å². The van der Waals surface area contributed by atoms with E-state index < -0.39 is 5.91 Å². The minimum absolute atomic E-state index is 0.443. The maximum absolute atomic E-state index is 11.2. The number of nitrogens with zero attached hydrogens (tertiary/aromatic N) is 1. The number of nitrogens with one attached hydrogen (secondary N) is 2. The fraction of sp³-hybridized carbons (Fsp3) is 0.273. The second-order valence-corrected chi connectivity index (χ2v) is 3.58. The summed E-state index contributed by atoms with van der Waals surface area (Å²) in [5, 5.41) is 3.13. The number of H-pyrrole nitrogens is 1. The average molecular weight is 218 g/mol. The molecule has 0 aliphatic carbocycles. The molecule has 1 amide bonds. The Morgan fingerprint density at radius 2 is 2.38 bits per heavy atom. The van der Waals surface area contributed by atoms with Crippen LogP contribution in [0.25, 0.3) is 11.0 Å². The number of hydrogen-bond acceptors (Lipinski definition) is 3. The molecule has 0 radical (unpaired) electrons. The molecule has 2 aromatic rings. The van der Waals surface area contributed by atoms with E-state index in [2.05, 4.69) is 22.2 Å². The van der Waals surface area contributed by atoms with E-state index in [9.17, 15) is 4.79 Å². The number of aromatic amines is 1. The van der Waals surface area contributed by atoms with Crippen molar-refractivity contribution in [2.45, 2.75) is 13.3 Å². The molecule has 0 spiro atoms. The van der Waals surface area contributed by atoms with Crippen molar-refractivity contribution in [3.05, 3.63) is 23.8 Å². The lowest BCUT2D eigenvalue weighted by molar-refractivity contribution is 0.100. The molecular weight excluding hydrogens is 204 g/mol. The Labute approximate surface area is 93.1 Å². The van der Waals surface area contributed by atoms with Gasteiger partial charge in [-0.3, -0.25) is 4.79 Å². The summed E-state index contributed by atoms with van der Waals surface area (Å²) >= 11 is 0. The molecule has 5 heteroatoms. The molecule has 1 heterocycles. The predicted octanol–water partition coefficient (Wildman–Crippen LogP) is 1.48. The first-order valence-electron chi connectivity index (χ1n) is 5.24. The fourth-order valence-electron chi connectivity index (χ4n) is 1.56. The number of anilines is 1. The van der Waals surface area contributed by atoms with Crippen LogP contribution in [0.3, 0.4) is 0 Å². The Balaban J connectivity index is 2.44. The van der Waals surface area contributed by atoms with Crippen LogP contribution in [0.2, 0.25) is 0 Å². The Bertz CT molecular complexity index is 518. The van der Waals surface area contributed by atoms with Gasteiger partial charge in [-0.25, -0.2) is 4.98 Å². The van der Waals surface area contributed by atoms with Gasteiger partial charge in [0.25, 0.3) is 5.91 Å². The molecule has 4 N–H and O–H groups in total. The zero-order chi connectivity index (χ0) is 11.5. The van der Waals surface area contributed by atoms with Gasteiger partial charge in [0.05, 0.1) is 11.1 Å². The fourth-order valence-corrected chi connectivity index (χ4v) is 1.56. The largest absolute Gasteiger partial charge is 0.366 e. The van der Waals surface area contributed by atoms with E-state index in [1.165, 1.54) is 0 Å². The minimum atomic E-state index is -0.459. The number of para-hydroxylation sites is 1. The summed E-state index contributed by atoms with van der Waals surface area (Å²) in [6, 6.07) is 5.32. The normalized spacial score (nSPS) is 10.6. The Morgan fingerprint density at radius 1 is 1.56 bits per heavy atom. The van der Waals surface area contributed by atoms with Crippen LogP contribution in [-0.2, 0) is 0 Å². The molecule has 0 saturated heterocycles. The molecule has 0 atom stereocenters. The Kier molecular flexibility index (Phi) is 2.76. The molecule has 1 aromatic heterocycles. The quantitative estimate of drug-likeness (QED) is 0.726. The van der Waals surface area contributed by atoms with Crippen molar-refractivity contribution in [1.82, 2.24) is 9.97 Å². The number of hydrogen-bond donors (Lipinski definition) is 3. The zero-order valence-electron chi connectivity index (χ0n) is 9.08. The van der Waals surface area contributed by atoms with Crippen LogP contribution in [0.15, 0.2) is 18.2 Å². The predicted molar refractivity (Wildman–Crippen MR) is 63.4 cm³/mol. The summed E-state index contributed by atoms with van der Waals surface area (Å²) in [6.07, 6.45) is 1.01. The van der Waals surface area contributed by atoms with Gasteiger partial charge in [0, 0.05) is 6.54 Å². The molecule has 0 unspecified atom stereocenters. The van der Waals surface area contributed by atoms with Gasteiger partial charge in [-0.05, 0) is 18.6 Å². The van der Waals surface area contributed by atoms with Crippen molar-refractivity contribution in [2.24, 2.45) is 5.73 Å². The monoisotopic (exact) mass is 218 g/mol. The van der Waals surface area contributed by atoms with E-state index in [0.29, 0.717) is 17.0 Å². The number of aromatic nitrogens is 2. The lowest BCUT2D eigenvalue weighted by Crippen LogP contribution is -2.11. The molecule has 16 heavy (non-hydrogen) atoms. The van der Waals surface area contributed by atoms with E-state index >= 15 is 0 Å². The van der Waals surface area contributed by atoms with Crippen molar-refractivity contribution in [3.8, 4) is 0 Å². The van der Waals surface area contributed by atoms with Crippen LogP contribution in [-0.4, -0.2) is 22.4 Å². The van der Waals surface area contributed by atoms with Crippen LogP contribution in [0, 0.1) is 0 Å². The van der Waals surface area contributed by atoms with Crippen molar-refractivity contribution >= 4 is 22.9 Å². The number of carbonyl (C=O) groups is 1. The number of fused-ring (bicyclic) bond motifs is 1. The molecule has 5 nitrogen and oxygen atoms in total. The van der Waals surface area contributed by atoms with Crippen molar-refractivity contribution in [2.75, 3.05) is 11.9 Å². The van der Waals surface area contributed by atoms with Gasteiger partial charge >= 0.3 is 0 Å². The molecule has 0 bridgehead atoms. The van der Waals surface area contributed by atoms with Gasteiger partial charge in [-0.2, -0.15) is 0 Å². The van der Waals surface area contributed by atoms with Gasteiger partial charge in [0.1, 0.15) is 5.52 Å². The van der Waals surface area contributed by atoms with Crippen LogP contribution >= 0.6 is 0 Å². The topological polar surface area (TPSA) is 83.8 Å². The third-order valence-corrected chi connectivity index (χ3v) is 2.32.